The van der Waals surface area contributed by atoms with E-state index in [-0.39, 0.29) is 0 Å². The fraction of sp³-hybridized carbons (Fsp3) is 0.500. The third-order valence-corrected chi connectivity index (χ3v) is 4.01. The maximum Gasteiger partial charge on any atom is 0.118 e. The maximum atomic E-state index is 5.47. The van der Waals surface area contributed by atoms with Gasteiger partial charge >= 0.3 is 0 Å². The number of benzene rings is 1. The Morgan fingerprint density at radius 3 is 2.60 bits per heavy atom. The van der Waals surface area contributed by atoms with Crippen LogP contribution in [0.5, 0.6) is 5.75 Å². The molecule has 1 aromatic rings. The van der Waals surface area contributed by atoms with Crippen molar-refractivity contribution in [3.63, 3.8) is 0 Å². The number of halogens is 1. The first-order chi connectivity index (χ1) is 9.70. The zero-order chi connectivity index (χ0) is 14.4. The topological polar surface area (TPSA) is 30.5 Å². The Bertz CT molecular complexity index is 427. The summed E-state index contributed by atoms with van der Waals surface area (Å²) in [7, 11) is 1.69. The highest BCUT2D eigenvalue weighted by Crippen LogP contribution is 2.31. The van der Waals surface area contributed by atoms with E-state index in [0.717, 1.165) is 42.8 Å². The van der Waals surface area contributed by atoms with Crippen LogP contribution in [0.1, 0.15) is 24.4 Å². The summed E-state index contributed by atoms with van der Waals surface area (Å²) in [5, 5.41) is 3.60. The van der Waals surface area contributed by atoms with Gasteiger partial charge in [0.2, 0.25) is 0 Å². The second-order valence-corrected chi connectivity index (χ2v) is 6.22. The third-order valence-electron chi connectivity index (χ3n) is 3.73. The lowest BCUT2D eigenvalue weighted by Crippen LogP contribution is -2.32. The van der Waals surface area contributed by atoms with Gasteiger partial charge in [0, 0.05) is 30.3 Å². The minimum atomic E-state index is 0.333. The van der Waals surface area contributed by atoms with Gasteiger partial charge in [-0.1, -0.05) is 34.6 Å². The third kappa shape index (κ3) is 4.33. The quantitative estimate of drug-likeness (QED) is 0.857. The largest absolute Gasteiger partial charge is 0.497 e. The van der Waals surface area contributed by atoms with E-state index in [1.165, 1.54) is 5.56 Å². The van der Waals surface area contributed by atoms with E-state index in [2.05, 4.69) is 40.0 Å². The Morgan fingerprint density at radius 1 is 1.40 bits per heavy atom. The summed E-state index contributed by atoms with van der Waals surface area (Å²) in [4.78, 5) is 0. The molecule has 3 nitrogen and oxygen atoms in total. The van der Waals surface area contributed by atoms with Gasteiger partial charge in [-0.3, -0.25) is 0 Å². The van der Waals surface area contributed by atoms with E-state index in [0.29, 0.717) is 12.0 Å². The molecule has 1 fully saturated rings. The Hall–Kier alpha value is -0.840. The van der Waals surface area contributed by atoms with Crippen molar-refractivity contribution in [2.24, 2.45) is 5.92 Å². The first-order valence-corrected chi connectivity index (χ1v) is 7.78. The molecular formula is C16H22BrNO2. The molecule has 0 bridgehead atoms. The summed E-state index contributed by atoms with van der Waals surface area (Å²) >= 11 is 3.42. The lowest BCUT2D eigenvalue weighted by Gasteiger charge is -2.31. The number of rotatable bonds is 6. The van der Waals surface area contributed by atoms with Crippen LogP contribution in [0.2, 0.25) is 0 Å². The van der Waals surface area contributed by atoms with Crippen molar-refractivity contribution >= 4 is 15.9 Å². The summed E-state index contributed by atoms with van der Waals surface area (Å²) in [5.41, 5.74) is 1.30. The smallest absolute Gasteiger partial charge is 0.118 e. The lowest BCUT2D eigenvalue weighted by atomic mass is 9.87. The van der Waals surface area contributed by atoms with Gasteiger partial charge in [-0.2, -0.15) is 0 Å². The van der Waals surface area contributed by atoms with Gasteiger partial charge in [0.15, 0.2) is 0 Å². The first kappa shape index (κ1) is 15.5. The van der Waals surface area contributed by atoms with Crippen LogP contribution in [-0.2, 0) is 4.74 Å². The second-order valence-electron chi connectivity index (χ2n) is 5.10. The normalized spacial score (nSPS) is 17.7. The number of ether oxygens (including phenoxy) is 2. The predicted molar refractivity (Wildman–Crippen MR) is 85.3 cm³/mol. The van der Waals surface area contributed by atoms with Crippen molar-refractivity contribution in [1.29, 1.82) is 0 Å². The van der Waals surface area contributed by atoms with Gasteiger partial charge in [0.05, 0.1) is 7.11 Å². The van der Waals surface area contributed by atoms with E-state index in [1.54, 1.807) is 7.11 Å². The summed E-state index contributed by atoms with van der Waals surface area (Å²) in [5.74, 6) is 1.49. The van der Waals surface area contributed by atoms with Crippen LogP contribution in [0.4, 0.5) is 0 Å². The summed E-state index contributed by atoms with van der Waals surface area (Å²) < 4.78 is 11.7. The van der Waals surface area contributed by atoms with E-state index in [9.17, 15) is 0 Å². The summed E-state index contributed by atoms with van der Waals surface area (Å²) in [6.45, 7) is 6.39. The molecule has 0 aliphatic carbocycles. The minimum absolute atomic E-state index is 0.333. The lowest BCUT2D eigenvalue weighted by molar-refractivity contribution is 0.0540. The van der Waals surface area contributed by atoms with E-state index >= 15 is 0 Å². The van der Waals surface area contributed by atoms with Gasteiger partial charge in [-0.15, -0.1) is 0 Å². The zero-order valence-corrected chi connectivity index (χ0v) is 13.5. The average molecular weight is 340 g/mol. The molecule has 0 aromatic heterocycles. The monoisotopic (exact) mass is 339 g/mol. The van der Waals surface area contributed by atoms with Crippen LogP contribution >= 0.6 is 15.9 Å². The highest BCUT2D eigenvalue weighted by molar-refractivity contribution is 9.11. The second kappa shape index (κ2) is 7.81. The van der Waals surface area contributed by atoms with Crippen LogP contribution < -0.4 is 10.1 Å². The molecule has 1 saturated heterocycles. The van der Waals surface area contributed by atoms with Crippen molar-refractivity contribution in [1.82, 2.24) is 5.32 Å². The molecule has 1 aliphatic rings. The van der Waals surface area contributed by atoms with Gasteiger partial charge < -0.3 is 14.8 Å². The Morgan fingerprint density at radius 2 is 2.05 bits per heavy atom. The molecule has 20 heavy (non-hydrogen) atoms. The van der Waals surface area contributed by atoms with Crippen molar-refractivity contribution in [3.05, 3.63) is 40.9 Å². The zero-order valence-electron chi connectivity index (χ0n) is 11.9. The molecule has 0 spiro atoms. The van der Waals surface area contributed by atoms with Gasteiger partial charge in [0.1, 0.15) is 5.75 Å². The highest BCUT2D eigenvalue weighted by atomic mass is 79.9. The molecule has 0 saturated carbocycles. The van der Waals surface area contributed by atoms with Gasteiger partial charge in [-0.25, -0.2) is 0 Å². The van der Waals surface area contributed by atoms with Crippen LogP contribution in [-0.4, -0.2) is 26.9 Å². The van der Waals surface area contributed by atoms with Crippen molar-refractivity contribution in [3.8, 4) is 5.75 Å². The number of methoxy groups -OCH3 is 1. The van der Waals surface area contributed by atoms with E-state index in [1.807, 2.05) is 12.1 Å². The average Bonchev–Trinajstić information content (AvgIpc) is 2.49. The predicted octanol–water partition coefficient (Wildman–Crippen LogP) is 3.66. The van der Waals surface area contributed by atoms with E-state index in [4.69, 9.17) is 9.47 Å². The first-order valence-electron chi connectivity index (χ1n) is 6.99. The maximum absolute atomic E-state index is 5.47. The molecular weight excluding hydrogens is 318 g/mol. The fourth-order valence-corrected chi connectivity index (χ4v) is 2.80. The number of nitrogens with one attached hydrogen (secondary N) is 1. The van der Waals surface area contributed by atoms with Crippen molar-refractivity contribution < 1.29 is 9.47 Å². The molecule has 0 unspecified atom stereocenters. The SMILES string of the molecule is C=C(Br)CN[C@@H](c1ccc(OC)cc1)C1CCOCC1. The van der Waals surface area contributed by atoms with Crippen molar-refractivity contribution in [2.75, 3.05) is 26.9 Å². The summed E-state index contributed by atoms with van der Waals surface area (Å²) in [6, 6.07) is 8.66. The Labute approximate surface area is 129 Å². The molecule has 110 valence electrons. The van der Waals surface area contributed by atoms with Crippen LogP contribution in [0.3, 0.4) is 0 Å². The molecule has 0 amide bonds. The van der Waals surface area contributed by atoms with E-state index < -0.39 is 0 Å². The van der Waals surface area contributed by atoms with Crippen LogP contribution in [0, 0.1) is 5.92 Å². The highest BCUT2D eigenvalue weighted by Gasteiger charge is 2.25. The Kier molecular flexibility index (Phi) is 6.07. The number of hydrogen-bond donors (Lipinski definition) is 1. The molecule has 1 heterocycles. The van der Waals surface area contributed by atoms with Crippen LogP contribution in [0.15, 0.2) is 35.3 Å². The van der Waals surface area contributed by atoms with Gasteiger partial charge in [-0.05, 0) is 36.5 Å². The Balaban J connectivity index is 2.12. The van der Waals surface area contributed by atoms with Crippen LogP contribution in [0.25, 0.3) is 0 Å². The van der Waals surface area contributed by atoms with Gasteiger partial charge in [0.25, 0.3) is 0 Å². The molecule has 2 rings (SSSR count). The molecule has 1 atom stereocenters. The standard InChI is InChI=1S/C16H22BrNO2/c1-12(17)11-18-16(14-7-9-20-10-8-14)13-3-5-15(19-2)6-4-13/h3-6,14,16,18H,1,7-11H2,2H3/t16-/m0/s1. The molecule has 0 radical (unpaired) electrons. The molecule has 1 aromatic carbocycles. The molecule has 4 heteroatoms. The summed E-state index contributed by atoms with van der Waals surface area (Å²) in [6.07, 6.45) is 2.19. The molecule has 1 aliphatic heterocycles. The number of hydrogen-bond acceptors (Lipinski definition) is 3. The van der Waals surface area contributed by atoms with Crippen molar-refractivity contribution in [2.45, 2.75) is 18.9 Å². The molecule has 1 N–H and O–H groups in total. The minimum Gasteiger partial charge on any atom is -0.497 e. The fourth-order valence-electron chi connectivity index (χ4n) is 2.64.